The van der Waals surface area contributed by atoms with Crippen LogP contribution in [0.5, 0.6) is 0 Å². The van der Waals surface area contributed by atoms with Gasteiger partial charge in [0.1, 0.15) is 5.76 Å². The molecule has 1 aromatic heterocycles. The molecule has 24 heavy (non-hydrogen) atoms. The third-order valence-corrected chi connectivity index (χ3v) is 6.27. The molecule has 0 bridgehead atoms. The van der Waals surface area contributed by atoms with E-state index in [4.69, 9.17) is 4.42 Å². The zero-order valence-corrected chi connectivity index (χ0v) is 14.3. The van der Waals surface area contributed by atoms with Gasteiger partial charge < -0.3 is 4.42 Å². The molecule has 2 aromatic rings. The van der Waals surface area contributed by atoms with Crippen LogP contribution in [0.25, 0.3) is 0 Å². The molecular weight excluding hydrogens is 354 g/mol. The SMILES string of the molecule is CS(=O)(=O)c1cccc(S(=O)(=O)NC(=O)[C@@H]2C[C@H]2c2ccco2)c1. The summed E-state index contributed by atoms with van der Waals surface area (Å²) in [5.41, 5.74) is 0. The minimum Gasteiger partial charge on any atom is -0.469 e. The lowest BCUT2D eigenvalue weighted by molar-refractivity contribution is -0.120. The van der Waals surface area contributed by atoms with Gasteiger partial charge in [-0.3, -0.25) is 4.79 Å². The number of benzene rings is 1. The summed E-state index contributed by atoms with van der Waals surface area (Å²) in [5.74, 6) is -0.575. The van der Waals surface area contributed by atoms with Crippen LogP contribution < -0.4 is 4.72 Å². The second-order valence-electron chi connectivity index (χ2n) is 5.68. The number of hydrogen-bond acceptors (Lipinski definition) is 6. The second kappa shape index (κ2) is 5.75. The Morgan fingerprint density at radius 3 is 2.46 bits per heavy atom. The van der Waals surface area contributed by atoms with Crippen LogP contribution >= 0.6 is 0 Å². The molecule has 3 rings (SSSR count). The summed E-state index contributed by atoms with van der Waals surface area (Å²) in [4.78, 5) is 11.7. The van der Waals surface area contributed by atoms with Crippen molar-refractivity contribution in [3.63, 3.8) is 0 Å². The van der Waals surface area contributed by atoms with Crippen molar-refractivity contribution in [2.45, 2.75) is 22.1 Å². The zero-order valence-electron chi connectivity index (χ0n) is 12.7. The number of carbonyl (C=O) groups excluding carboxylic acids is 1. The van der Waals surface area contributed by atoms with Crippen LogP contribution in [-0.4, -0.2) is 29.0 Å². The number of amides is 1. The van der Waals surface area contributed by atoms with E-state index >= 15 is 0 Å². The van der Waals surface area contributed by atoms with Gasteiger partial charge in [0.2, 0.25) is 5.91 Å². The van der Waals surface area contributed by atoms with Crippen molar-refractivity contribution in [1.29, 1.82) is 0 Å². The van der Waals surface area contributed by atoms with Crippen LogP contribution in [0.4, 0.5) is 0 Å². The van der Waals surface area contributed by atoms with Crippen molar-refractivity contribution in [1.82, 2.24) is 4.72 Å². The van der Waals surface area contributed by atoms with Crippen LogP contribution in [0.15, 0.2) is 56.9 Å². The molecule has 1 saturated carbocycles. The molecule has 0 aliphatic heterocycles. The van der Waals surface area contributed by atoms with Gasteiger partial charge in [-0.2, -0.15) is 0 Å². The van der Waals surface area contributed by atoms with Gasteiger partial charge in [-0.25, -0.2) is 21.6 Å². The summed E-state index contributed by atoms with van der Waals surface area (Å²) in [5, 5.41) is 0. The highest BCUT2D eigenvalue weighted by Gasteiger charge is 2.46. The molecule has 2 atom stereocenters. The van der Waals surface area contributed by atoms with Crippen LogP contribution in [0.2, 0.25) is 0 Å². The number of carbonyl (C=O) groups is 1. The molecule has 0 unspecified atom stereocenters. The van der Waals surface area contributed by atoms with Crippen molar-refractivity contribution in [3.8, 4) is 0 Å². The van der Waals surface area contributed by atoms with Crippen molar-refractivity contribution in [2.24, 2.45) is 5.92 Å². The smallest absolute Gasteiger partial charge is 0.264 e. The molecule has 1 aliphatic carbocycles. The van der Waals surface area contributed by atoms with Crippen molar-refractivity contribution in [3.05, 3.63) is 48.4 Å². The second-order valence-corrected chi connectivity index (χ2v) is 9.38. The van der Waals surface area contributed by atoms with E-state index in [9.17, 15) is 21.6 Å². The average Bonchev–Trinajstić information content (AvgIpc) is 3.12. The van der Waals surface area contributed by atoms with E-state index in [2.05, 4.69) is 0 Å². The first-order valence-electron chi connectivity index (χ1n) is 7.09. The van der Waals surface area contributed by atoms with Gasteiger partial charge in [0.15, 0.2) is 9.84 Å². The van der Waals surface area contributed by atoms with Gasteiger partial charge in [-0.15, -0.1) is 0 Å². The van der Waals surface area contributed by atoms with E-state index < -0.39 is 31.7 Å². The van der Waals surface area contributed by atoms with Crippen LogP contribution in [0.1, 0.15) is 18.1 Å². The number of rotatable bonds is 5. The Labute approximate surface area is 139 Å². The monoisotopic (exact) mass is 369 g/mol. The van der Waals surface area contributed by atoms with E-state index in [0.717, 1.165) is 12.3 Å². The Kier molecular flexibility index (Phi) is 4.00. The maximum Gasteiger partial charge on any atom is 0.264 e. The fourth-order valence-electron chi connectivity index (χ4n) is 2.44. The number of nitrogens with one attached hydrogen (secondary N) is 1. The maximum absolute atomic E-state index is 12.3. The standard InChI is InChI=1S/C15H15NO6S2/c1-23(18,19)10-4-2-5-11(8-10)24(20,21)16-15(17)13-9-12(13)14-6-3-7-22-14/h2-8,12-13H,9H2,1H3,(H,16,17)/t12-,13-/m1/s1. The van der Waals surface area contributed by atoms with E-state index in [1.807, 2.05) is 4.72 Å². The normalized spacial score (nSPS) is 20.5. The highest BCUT2D eigenvalue weighted by molar-refractivity contribution is 7.91. The predicted octanol–water partition coefficient (Wildman–Crippen LogP) is 1.29. The minimum absolute atomic E-state index is 0.127. The molecule has 1 amide bonds. The van der Waals surface area contributed by atoms with E-state index in [-0.39, 0.29) is 15.7 Å². The number of sulfonamides is 1. The molecule has 7 nitrogen and oxygen atoms in total. The van der Waals surface area contributed by atoms with Gasteiger partial charge in [0.25, 0.3) is 10.0 Å². The molecular formula is C15H15NO6S2. The molecule has 128 valence electrons. The summed E-state index contributed by atoms with van der Waals surface area (Å²) in [7, 11) is -7.68. The molecule has 0 saturated heterocycles. The van der Waals surface area contributed by atoms with E-state index in [0.29, 0.717) is 12.2 Å². The predicted molar refractivity (Wildman–Crippen MR) is 84.4 cm³/mol. The first-order valence-corrected chi connectivity index (χ1v) is 10.5. The quantitative estimate of drug-likeness (QED) is 0.850. The topological polar surface area (TPSA) is 111 Å². The minimum atomic E-state index is -4.13. The van der Waals surface area contributed by atoms with E-state index in [1.54, 1.807) is 12.1 Å². The van der Waals surface area contributed by atoms with Crippen molar-refractivity contribution < 1.29 is 26.0 Å². The summed E-state index contributed by atoms with van der Waals surface area (Å²) in [6.07, 6.45) is 2.99. The van der Waals surface area contributed by atoms with E-state index in [1.165, 1.54) is 24.5 Å². The highest BCUT2D eigenvalue weighted by Crippen LogP contribution is 2.47. The van der Waals surface area contributed by atoms with Crippen molar-refractivity contribution in [2.75, 3.05) is 6.26 Å². The molecule has 1 aliphatic rings. The molecule has 0 radical (unpaired) electrons. The fourth-order valence-corrected chi connectivity index (χ4v) is 4.26. The first-order chi connectivity index (χ1) is 11.2. The van der Waals surface area contributed by atoms with Crippen LogP contribution in [0, 0.1) is 5.92 Å². The Morgan fingerprint density at radius 1 is 1.12 bits per heavy atom. The van der Waals surface area contributed by atoms with Gasteiger partial charge >= 0.3 is 0 Å². The Balaban J connectivity index is 1.76. The largest absolute Gasteiger partial charge is 0.469 e. The van der Waals surface area contributed by atoms with Crippen LogP contribution in [-0.2, 0) is 24.7 Å². The first kappa shape index (κ1) is 16.7. The Morgan fingerprint density at radius 2 is 1.83 bits per heavy atom. The number of hydrogen-bond donors (Lipinski definition) is 1. The molecule has 9 heteroatoms. The number of sulfone groups is 1. The van der Waals surface area contributed by atoms with Gasteiger partial charge in [-0.05, 0) is 36.8 Å². The van der Waals surface area contributed by atoms with Crippen molar-refractivity contribution >= 4 is 25.8 Å². The van der Waals surface area contributed by atoms with Crippen LogP contribution in [0.3, 0.4) is 0 Å². The number of furan rings is 1. The molecule has 1 aromatic carbocycles. The highest BCUT2D eigenvalue weighted by atomic mass is 32.2. The average molecular weight is 369 g/mol. The summed E-state index contributed by atoms with van der Waals surface area (Å²) >= 11 is 0. The lowest BCUT2D eigenvalue weighted by atomic mass is 10.2. The summed E-state index contributed by atoms with van der Waals surface area (Å²) in [6.45, 7) is 0. The summed E-state index contributed by atoms with van der Waals surface area (Å²) < 4.78 is 54.9. The lowest BCUT2D eigenvalue weighted by Gasteiger charge is -2.08. The molecule has 1 heterocycles. The summed E-state index contributed by atoms with van der Waals surface area (Å²) in [6, 6.07) is 8.32. The lowest BCUT2D eigenvalue weighted by Crippen LogP contribution is -2.32. The third kappa shape index (κ3) is 3.36. The third-order valence-electron chi connectivity index (χ3n) is 3.81. The molecule has 0 spiro atoms. The van der Waals surface area contributed by atoms with Gasteiger partial charge in [-0.1, -0.05) is 6.07 Å². The van der Waals surface area contributed by atoms with Gasteiger partial charge in [0.05, 0.1) is 16.1 Å². The van der Waals surface area contributed by atoms with Gasteiger partial charge in [0, 0.05) is 18.1 Å². The molecule has 1 N–H and O–H groups in total. The molecule has 1 fully saturated rings. The Hall–Kier alpha value is -2.13. The Bertz CT molecular complexity index is 977. The fraction of sp³-hybridized carbons (Fsp3) is 0.267. The maximum atomic E-state index is 12.3. The zero-order chi connectivity index (χ0) is 17.5.